The van der Waals surface area contributed by atoms with Crippen LogP contribution in [0.5, 0.6) is 0 Å². The molecule has 2 aromatic rings. The summed E-state index contributed by atoms with van der Waals surface area (Å²) in [6, 6.07) is 16.3. The van der Waals surface area contributed by atoms with Gasteiger partial charge in [0.25, 0.3) is 0 Å². The molecule has 1 aliphatic rings. The Bertz CT molecular complexity index is 754. The van der Waals surface area contributed by atoms with Crippen molar-refractivity contribution in [3.63, 3.8) is 0 Å². The van der Waals surface area contributed by atoms with Gasteiger partial charge in [0, 0.05) is 11.1 Å². The number of nitrogens with zero attached hydrogens (tertiary/aromatic N) is 1. The van der Waals surface area contributed by atoms with Gasteiger partial charge in [-0.2, -0.15) is 0 Å². The fourth-order valence-electron chi connectivity index (χ4n) is 3.26. The van der Waals surface area contributed by atoms with Crippen LogP contribution in [0.1, 0.15) is 30.9 Å². The third-order valence-electron chi connectivity index (χ3n) is 4.57. The van der Waals surface area contributed by atoms with Crippen molar-refractivity contribution in [1.29, 1.82) is 0 Å². The Labute approximate surface area is 149 Å². The minimum Gasteiger partial charge on any atom is -0.295 e. The second kappa shape index (κ2) is 7.68. The molecule has 3 nitrogen and oxygen atoms in total. The predicted molar refractivity (Wildman–Crippen MR) is 98.1 cm³/mol. The summed E-state index contributed by atoms with van der Waals surface area (Å²) in [5.41, 5.74) is 1.07. The summed E-state index contributed by atoms with van der Waals surface area (Å²) in [5, 5.41) is 0.546. The average Bonchev–Trinajstić information content (AvgIpc) is 2.62. The van der Waals surface area contributed by atoms with Crippen molar-refractivity contribution in [3.8, 4) is 0 Å². The van der Waals surface area contributed by atoms with Crippen LogP contribution in [0.3, 0.4) is 0 Å². The van der Waals surface area contributed by atoms with Gasteiger partial charge in [0.05, 0.1) is 10.6 Å². The van der Waals surface area contributed by atoms with Gasteiger partial charge < -0.3 is 0 Å². The standard InChI is InChI=1S/C19H22ClNO2S/c20-17-9-11-18(12-10-17)24(22,23)15-19(16-7-3-1-4-8-16)21-13-5-2-6-14-21/h1,3-4,7-12,19H,2,5-6,13-15H2/t19-/m0/s1. The van der Waals surface area contributed by atoms with Gasteiger partial charge in [-0.3, -0.25) is 4.90 Å². The lowest BCUT2D eigenvalue weighted by atomic mass is 10.0. The molecular weight excluding hydrogens is 342 g/mol. The van der Waals surface area contributed by atoms with E-state index in [0.29, 0.717) is 9.92 Å². The molecule has 128 valence electrons. The normalized spacial score (nSPS) is 17.5. The third kappa shape index (κ3) is 4.18. The molecule has 2 aromatic carbocycles. The van der Waals surface area contributed by atoms with Gasteiger partial charge in [-0.1, -0.05) is 48.4 Å². The zero-order valence-electron chi connectivity index (χ0n) is 13.6. The summed E-state index contributed by atoms with van der Waals surface area (Å²) < 4.78 is 25.8. The maximum absolute atomic E-state index is 12.9. The van der Waals surface area contributed by atoms with Crippen LogP contribution in [0.25, 0.3) is 0 Å². The number of rotatable bonds is 5. The lowest BCUT2D eigenvalue weighted by Crippen LogP contribution is -2.37. The van der Waals surface area contributed by atoms with Crippen LogP contribution in [-0.4, -0.2) is 32.2 Å². The Hall–Kier alpha value is -1.36. The van der Waals surface area contributed by atoms with E-state index in [1.807, 2.05) is 30.3 Å². The molecule has 0 aromatic heterocycles. The Morgan fingerprint density at radius 3 is 2.17 bits per heavy atom. The largest absolute Gasteiger partial charge is 0.295 e. The molecule has 0 bridgehead atoms. The first kappa shape index (κ1) is 17.5. The second-order valence-corrected chi connectivity index (χ2v) is 8.73. The molecule has 0 N–H and O–H groups in total. The van der Waals surface area contributed by atoms with E-state index in [0.717, 1.165) is 31.5 Å². The van der Waals surface area contributed by atoms with E-state index < -0.39 is 9.84 Å². The molecule has 3 rings (SSSR count). The van der Waals surface area contributed by atoms with Crippen LogP contribution in [0.4, 0.5) is 0 Å². The van der Waals surface area contributed by atoms with Crippen LogP contribution in [0.15, 0.2) is 59.5 Å². The number of sulfone groups is 1. The third-order valence-corrected chi connectivity index (χ3v) is 6.56. The molecule has 5 heteroatoms. The lowest BCUT2D eigenvalue weighted by Gasteiger charge is -2.34. The zero-order chi connectivity index (χ0) is 17.0. The van der Waals surface area contributed by atoms with Gasteiger partial charge in [0.1, 0.15) is 0 Å². The van der Waals surface area contributed by atoms with Crippen LogP contribution >= 0.6 is 11.6 Å². The van der Waals surface area contributed by atoms with Crippen LogP contribution in [0.2, 0.25) is 5.02 Å². The van der Waals surface area contributed by atoms with Crippen molar-refractivity contribution < 1.29 is 8.42 Å². The highest BCUT2D eigenvalue weighted by Crippen LogP contribution is 2.28. The predicted octanol–water partition coefficient (Wildman–Crippen LogP) is 4.34. The summed E-state index contributed by atoms with van der Waals surface area (Å²) in [6.07, 6.45) is 3.48. The molecule has 0 amide bonds. The average molecular weight is 364 g/mol. The first-order valence-electron chi connectivity index (χ1n) is 8.33. The highest BCUT2D eigenvalue weighted by molar-refractivity contribution is 7.91. The van der Waals surface area contributed by atoms with Crippen molar-refractivity contribution in [1.82, 2.24) is 4.90 Å². The Morgan fingerprint density at radius 2 is 1.54 bits per heavy atom. The smallest absolute Gasteiger partial charge is 0.180 e. The molecule has 1 fully saturated rings. The van der Waals surface area contributed by atoms with Crippen LogP contribution in [0, 0.1) is 0 Å². The molecule has 0 aliphatic carbocycles. The zero-order valence-corrected chi connectivity index (χ0v) is 15.1. The summed E-state index contributed by atoms with van der Waals surface area (Å²) in [6.45, 7) is 1.91. The van der Waals surface area contributed by atoms with Crippen LogP contribution in [-0.2, 0) is 9.84 Å². The molecule has 1 aliphatic heterocycles. The molecule has 0 radical (unpaired) electrons. The molecule has 24 heavy (non-hydrogen) atoms. The minimum atomic E-state index is -3.37. The van der Waals surface area contributed by atoms with E-state index in [4.69, 9.17) is 11.6 Å². The number of piperidine rings is 1. The maximum Gasteiger partial charge on any atom is 0.180 e. The quantitative estimate of drug-likeness (QED) is 0.792. The number of hydrogen-bond acceptors (Lipinski definition) is 3. The molecule has 1 heterocycles. The van der Waals surface area contributed by atoms with Crippen LogP contribution < -0.4 is 0 Å². The van der Waals surface area contributed by atoms with Gasteiger partial charge in [-0.05, 0) is 55.8 Å². The Morgan fingerprint density at radius 1 is 0.917 bits per heavy atom. The summed E-state index contributed by atoms with van der Waals surface area (Å²) in [5.74, 6) is 0.0959. The molecular formula is C19H22ClNO2S. The van der Waals surface area contributed by atoms with E-state index in [1.165, 1.54) is 6.42 Å². The number of likely N-dealkylation sites (tertiary alicyclic amines) is 1. The summed E-state index contributed by atoms with van der Waals surface area (Å²) in [7, 11) is -3.37. The molecule has 0 spiro atoms. The SMILES string of the molecule is O=S(=O)(C[C@@H](c1ccccc1)N1CCCCC1)c1ccc(Cl)cc1. The van der Waals surface area contributed by atoms with Gasteiger partial charge in [0.2, 0.25) is 0 Å². The maximum atomic E-state index is 12.9. The van der Waals surface area contributed by atoms with Gasteiger partial charge in [-0.15, -0.1) is 0 Å². The van der Waals surface area contributed by atoms with E-state index in [-0.39, 0.29) is 11.8 Å². The highest BCUT2D eigenvalue weighted by atomic mass is 35.5. The van der Waals surface area contributed by atoms with Crippen molar-refractivity contribution in [2.75, 3.05) is 18.8 Å². The first-order valence-corrected chi connectivity index (χ1v) is 10.4. The molecule has 0 unspecified atom stereocenters. The number of halogens is 1. The summed E-state index contributed by atoms with van der Waals surface area (Å²) >= 11 is 5.88. The topological polar surface area (TPSA) is 37.4 Å². The van der Waals surface area contributed by atoms with Gasteiger partial charge >= 0.3 is 0 Å². The Kier molecular flexibility index (Phi) is 5.59. The minimum absolute atomic E-state index is 0.0959. The number of benzene rings is 2. The fraction of sp³-hybridized carbons (Fsp3) is 0.368. The van der Waals surface area contributed by atoms with E-state index in [1.54, 1.807) is 24.3 Å². The van der Waals surface area contributed by atoms with E-state index >= 15 is 0 Å². The van der Waals surface area contributed by atoms with E-state index in [9.17, 15) is 8.42 Å². The van der Waals surface area contributed by atoms with Crippen molar-refractivity contribution in [3.05, 3.63) is 65.2 Å². The first-order chi connectivity index (χ1) is 11.6. The van der Waals surface area contributed by atoms with Crippen molar-refractivity contribution >= 4 is 21.4 Å². The summed E-state index contributed by atoms with van der Waals surface area (Å²) in [4.78, 5) is 2.65. The molecule has 0 saturated carbocycles. The van der Waals surface area contributed by atoms with Crippen molar-refractivity contribution in [2.45, 2.75) is 30.2 Å². The van der Waals surface area contributed by atoms with Gasteiger partial charge in [0.15, 0.2) is 9.84 Å². The molecule has 1 atom stereocenters. The lowest BCUT2D eigenvalue weighted by molar-refractivity contribution is 0.176. The number of hydrogen-bond donors (Lipinski definition) is 0. The fourth-order valence-corrected chi connectivity index (χ4v) is 4.95. The Balaban J connectivity index is 1.89. The molecule has 1 saturated heterocycles. The second-order valence-electron chi connectivity index (χ2n) is 6.26. The monoisotopic (exact) mass is 363 g/mol. The van der Waals surface area contributed by atoms with Crippen molar-refractivity contribution in [2.24, 2.45) is 0 Å². The van der Waals surface area contributed by atoms with Gasteiger partial charge in [-0.25, -0.2) is 8.42 Å². The van der Waals surface area contributed by atoms with E-state index in [2.05, 4.69) is 4.90 Å². The highest BCUT2D eigenvalue weighted by Gasteiger charge is 2.28.